The molecule has 0 amide bonds. The zero-order valence-corrected chi connectivity index (χ0v) is 13.1. The van der Waals surface area contributed by atoms with Crippen LogP contribution in [0.5, 0.6) is 0 Å². The number of halogens is 1. The first kappa shape index (κ1) is 15.2. The van der Waals surface area contributed by atoms with E-state index in [1.54, 1.807) is 0 Å². The van der Waals surface area contributed by atoms with Gasteiger partial charge in [0, 0.05) is 51.2 Å². The summed E-state index contributed by atoms with van der Waals surface area (Å²) in [5.41, 5.74) is 2.40. The summed E-state index contributed by atoms with van der Waals surface area (Å²) >= 11 is 0. The Morgan fingerprint density at radius 1 is 0.955 bits per heavy atom. The number of aromatic nitrogens is 2. The first-order valence-electron chi connectivity index (χ1n) is 7.88. The molecule has 0 radical (unpaired) electrons. The van der Waals surface area contributed by atoms with Crippen LogP contribution < -0.4 is 0 Å². The van der Waals surface area contributed by atoms with Gasteiger partial charge in [0.05, 0.1) is 6.54 Å². The van der Waals surface area contributed by atoms with Gasteiger partial charge < -0.3 is 0 Å². The molecule has 118 valence electrons. The van der Waals surface area contributed by atoms with Crippen LogP contribution in [0.1, 0.15) is 11.3 Å². The number of hydrogen-bond donors (Lipinski definition) is 0. The van der Waals surface area contributed by atoms with Crippen LogP contribution in [-0.4, -0.2) is 52.3 Å². The first-order valence-corrected chi connectivity index (χ1v) is 7.88. The summed E-state index contributed by atoms with van der Waals surface area (Å²) in [5, 5.41) is 4.33. The van der Waals surface area contributed by atoms with Gasteiger partial charge in [0.1, 0.15) is 5.82 Å². The molecule has 0 aliphatic carbocycles. The third-order valence-corrected chi connectivity index (χ3v) is 4.34. The highest BCUT2D eigenvalue weighted by molar-refractivity contribution is 5.15. The standard InChI is InChI=1S/C17H23FN4/c1-15-6-7-19-22(15)13-12-20-8-10-21(11-9-20)14-16-2-4-17(18)5-3-16/h2-7H,8-14H2,1H3. The molecule has 0 spiro atoms. The number of nitrogens with zero attached hydrogens (tertiary/aromatic N) is 4. The van der Waals surface area contributed by atoms with Crippen LogP contribution in [0.25, 0.3) is 0 Å². The minimum atomic E-state index is -0.164. The van der Waals surface area contributed by atoms with Gasteiger partial charge in [-0.05, 0) is 30.7 Å². The van der Waals surface area contributed by atoms with E-state index in [9.17, 15) is 4.39 Å². The molecule has 0 unspecified atom stereocenters. The summed E-state index contributed by atoms with van der Waals surface area (Å²) in [6.07, 6.45) is 1.86. The van der Waals surface area contributed by atoms with Gasteiger partial charge in [-0.15, -0.1) is 0 Å². The predicted molar refractivity (Wildman–Crippen MR) is 85.1 cm³/mol. The van der Waals surface area contributed by atoms with Gasteiger partial charge in [0.15, 0.2) is 0 Å². The molecule has 22 heavy (non-hydrogen) atoms. The van der Waals surface area contributed by atoms with E-state index >= 15 is 0 Å². The lowest BCUT2D eigenvalue weighted by Crippen LogP contribution is -2.46. The van der Waals surface area contributed by atoms with E-state index in [4.69, 9.17) is 0 Å². The van der Waals surface area contributed by atoms with E-state index in [1.165, 1.54) is 23.4 Å². The van der Waals surface area contributed by atoms with Crippen LogP contribution in [0.3, 0.4) is 0 Å². The van der Waals surface area contributed by atoms with Crippen molar-refractivity contribution in [2.45, 2.75) is 20.0 Å². The molecule has 0 atom stereocenters. The van der Waals surface area contributed by atoms with Gasteiger partial charge in [-0.2, -0.15) is 5.10 Å². The van der Waals surface area contributed by atoms with E-state index in [-0.39, 0.29) is 5.82 Å². The molecular formula is C17H23FN4. The highest BCUT2D eigenvalue weighted by atomic mass is 19.1. The minimum absolute atomic E-state index is 0.164. The Morgan fingerprint density at radius 3 is 2.27 bits per heavy atom. The average Bonchev–Trinajstić information content (AvgIpc) is 2.94. The minimum Gasteiger partial charge on any atom is -0.299 e. The second-order valence-electron chi connectivity index (χ2n) is 5.94. The molecule has 1 aliphatic rings. The van der Waals surface area contributed by atoms with Gasteiger partial charge in [0.2, 0.25) is 0 Å². The maximum absolute atomic E-state index is 12.9. The van der Waals surface area contributed by atoms with Crippen LogP contribution in [0.15, 0.2) is 36.5 Å². The maximum atomic E-state index is 12.9. The number of rotatable bonds is 5. The van der Waals surface area contributed by atoms with Crippen molar-refractivity contribution in [2.24, 2.45) is 0 Å². The van der Waals surface area contributed by atoms with Gasteiger partial charge in [0.25, 0.3) is 0 Å². The molecule has 0 bridgehead atoms. The Bertz CT molecular complexity index is 585. The molecule has 1 aromatic carbocycles. The Balaban J connectivity index is 1.42. The molecule has 1 fully saturated rings. The average molecular weight is 302 g/mol. The van der Waals surface area contributed by atoms with E-state index in [0.717, 1.165) is 45.8 Å². The quantitative estimate of drug-likeness (QED) is 0.846. The van der Waals surface area contributed by atoms with E-state index in [0.29, 0.717) is 0 Å². The van der Waals surface area contributed by atoms with E-state index < -0.39 is 0 Å². The van der Waals surface area contributed by atoms with Crippen molar-refractivity contribution in [3.63, 3.8) is 0 Å². The van der Waals surface area contributed by atoms with Crippen LogP contribution in [0, 0.1) is 12.7 Å². The van der Waals surface area contributed by atoms with Crippen molar-refractivity contribution in [3.05, 3.63) is 53.6 Å². The Hall–Kier alpha value is -1.72. The number of aryl methyl sites for hydroxylation is 1. The fraction of sp³-hybridized carbons (Fsp3) is 0.471. The van der Waals surface area contributed by atoms with Gasteiger partial charge >= 0.3 is 0 Å². The summed E-state index contributed by atoms with van der Waals surface area (Å²) in [6, 6.07) is 8.88. The molecule has 1 aliphatic heterocycles. The molecule has 0 saturated carbocycles. The summed E-state index contributed by atoms with van der Waals surface area (Å²) < 4.78 is 15.0. The van der Waals surface area contributed by atoms with Crippen molar-refractivity contribution in [1.82, 2.24) is 19.6 Å². The van der Waals surface area contributed by atoms with Crippen molar-refractivity contribution in [1.29, 1.82) is 0 Å². The second-order valence-corrected chi connectivity index (χ2v) is 5.94. The monoisotopic (exact) mass is 302 g/mol. The molecule has 5 heteroatoms. The summed E-state index contributed by atoms with van der Waals surface area (Å²) in [6.45, 7) is 9.30. The van der Waals surface area contributed by atoms with Crippen LogP contribution in [-0.2, 0) is 13.1 Å². The van der Waals surface area contributed by atoms with Crippen molar-refractivity contribution < 1.29 is 4.39 Å². The highest BCUT2D eigenvalue weighted by Crippen LogP contribution is 2.10. The lowest BCUT2D eigenvalue weighted by Gasteiger charge is -2.34. The molecule has 0 N–H and O–H groups in total. The Kier molecular flexibility index (Phi) is 4.85. The number of benzene rings is 1. The number of hydrogen-bond acceptors (Lipinski definition) is 3. The lowest BCUT2D eigenvalue weighted by molar-refractivity contribution is 0.123. The van der Waals surface area contributed by atoms with E-state index in [1.807, 2.05) is 24.4 Å². The Morgan fingerprint density at radius 2 is 1.64 bits per heavy atom. The lowest BCUT2D eigenvalue weighted by atomic mass is 10.2. The molecule has 4 nitrogen and oxygen atoms in total. The SMILES string of the molecule is Cc1ccnn1CCN1CCN(Cc2ccc(F)cc2)CC1. The summed E-state index contributed by atoms with van der Waals surface area (Å²) in [5.74, 6) is -0.164. The second kappa shape index (κ2) is 7.03. The molecular weight excluding hydrogens is 279 g/mol. The molecule has 2 heterocycles. The summed E-state index contributed by atoms with van der Waals surface area (Å²) in [4.78, 5) is 4.92. The maximum Gasteiger partial charge on any atom is 0.123 e. The smallest absolute Gasteiger partial charge is 0.123 e. The Labute approximate surface area is 131 Å². The summed E-state index contributed by atoms with van der Waals surface area (Å²) in [7, 11) is 0. The van der Waals surface area contributed by atoms with Crippen molar-refractivity contribution in [2.75, 3.05) is 32.7 Å². The predicted octanol–water partition coefficient (Wildman–Crippen LogP) is 2.15. The number of piperazine rings is 1. The molecule has 1 saturated heterocycles. The fourth-order valence-corrected chi connectivity index (χ4v) is 2.89. The largest absolute Gasteiger partial charge is 0.299 e. The van der Waals surface area contributed by atoms with Crippen molar-refractivity contribution >= 4 is 0 Å². The van der Waals surface area contributed by atoms with Crippen LogP contribution >= 0.6 is 0 Å². The third-order valence-electron chi connectivity index (χ3n) is 4.34. The molecule has 3 rings (SSSR count). The zero-order valence-electron chi connectivity index (χ0n) is 13.1. The van der Waals surface area contributed by atoms with Gasteiger partial charge in [-0.1, -0.05) is 12.1 Å². The molecule has 2 aromatic rings. The third kappa shape index (κ3) is 3.93. The van der Waals surface area contributed by atoms with Gasteiger partial charge in [-0.3, -0.25) is 14.5 Å². The van der Waals surface area contributed by atoms with Crippen molar-refractivity contribution in [3.8, 4) is 0 Å². The topological polar surface area (TPSA) is 24.3 Å². The fourth-order valence-electron chi connectivity index (χ4n) is 2.89. The van der Waals surface area contributed by atoms with Crippen LogP contribution in [0.4, 0.5) is 4.39 Å². The zero-order chi connectivity index (χ0) is 15.4. The van der Waals surface area contributed by atoms with E-state index in [2.05, 4.69) is 26.5 Å². The molecule has 1 aromatic heterocycles. The van der Waals surface area contributed by atoms with Gasteiger partial charge in [-0.25, -0.2) is 4.39 Å². The first-order chi connectivity index (χ1) is 10.7. The van der Waals surface area contributed by atoms with Crippen LogP contribution in [0.2, 0.25) is 0 Å². The highest BCUT2D eigenvalue weighted by Gasteiger charge is 2.16. The normalized spacial score (nSPS) is 17.0.